The number of carbonyl (C=O) groups excluding carboxylic acids is 1. The third kappa shape index (κ3) is 3.33. The zero-order chi connectivity index (χ0) is 14.7. The van der Waals surface area contributed by atoms with E-state index in [0.29, 0.717) is 27.2 Å². The molecule has 0 saturated carbocycles. The summed E-state index contributed by atoms with van der Waals surface area (Å²) >= 11 is 3.11. The number of aldehydes is 1. The Labute approximate surface area is 125 Å². The molecule has 2 rings (SSSR count). The molecule has 0 spiro atoms. The summed E-state index contributed by atoms with van der Waals surface area (Å²) < 4.78 is 15.7. The number of aryl methyl sites for hydroxylation is 1. The number of aromatic nitrogens is 2. The Morgan fingerprint density at radius 1 is 1.45 bits per heavy atom. The van der Waals surface area contributed by atoms with E-state index in [2.05, 4.69) is 34.9 Å². The highest BCUT2D eigenvalue weighted by molar-refractivity contribution is 9.10. The number of carbonyl (C=O) groups is 1. The molecule has 20 heavy (non-hydrogen) atoms. The average Bonchev–Trinajstić information content (AvgIpc) is 2.83. The quantitative estimate of drug-likeness (QED) is 0.761. The Balaban J connectivity index is 2.34. The van der Waals surface area contributed by atoms with E-state index < -0.39 is 0 Å². The SMILES string of the molecule is CC(C)CCn1cc(C=O)c(-c2ccc(Br)c(F)c2)n1. The molecule has 5 heteroatoms. The third-order valence-corrected chi connectivity index (χ3v) is 3.69. The molecule has 0 aliphatic rings. The van der Waals surface area contributed by atoms with E-state index >= 15 is 0 Å². The molecule has 0 aliphatic heterocycles. The van der Waals surface area contributed by atoms with Crippen LogP contribution < -0.4 is 0 Å². The molecule has 3 nitrogen and oxygen atoms in total. The van der Waals surface area contributed by atoms with Gasteiger partial charge in [-0.2, -0.15) is 5.10 Å². The fourth-order valence-corrected chi connectivity index (χ4v) is 2.14. The van der Waals surface area contributed by atoms with Gasteiger partial charge in [-0.3, -0.25) is 9.48 Å². The highest BCUT2D eigenvalue weighted by atomic mass is 79.9. The second-order valence-electron chi connectivity index (χ2n) is 5.13. The predicted octanol–water partition coefficient (Wildman–Crippen LogP) is 4.31. The van der Waals surface area contributed by atoms with Crippen LogP contribution in [0.25, 0.3) is 11.3 Å². The first-order valence-corrected chi connectivity index (χ1v) is 7.28. The van der Waals surface area contributed by atoms with Crippen molar-refractivity contribution in [2.45, 2.75) is 26.8 Å². The normalized spacial score (nSPS) is 11.1. The van der Waals surface area contributed by atoms with Crippen molar-refractivity contribution in [2.24, 2.45) is 5.92 Å². The zero-order valence-corrected chi connectivity index (χ0v) is 13.0. The largest absolute Gasteiger partial charge is 0.298 e. The van der Waals surface area contributed by atoms with E-state index in [-0.39, 0.29) is 5.82 Å². The molecule has 0 fully saturated rings. The molecule has 2 aromatic rings. The van der Waals surface area contributed by atoms with Crippen LogP contribution in [0.5, 0.6) is 0 Å². The highest BCUT2D eigenvalue weighted by Gasteiger charge is 2.12. The van der Waals surface area contributed by atoms with Gasteiger partial charge in [-0.05, 0) is 40.4 Å². The molecule has 0 radical (unpaired) electrons. The maximum absolute atomic E-state index is 13.6. The van der Waals surface area contributed by atoms with Crippen molar-refractivity contribution >= 4 is 22.2 Å². The van der Waals surface area contributed by atoms with Crippen LogP contribution in [0.1, 0.15) is 30.6 Å². The topological polar surface area (TPSA) is 34.9 Å². The summed E-state index contributed by atoms with van der Waals surface area (Å²) in [7, 11) is 0. The first-order valence-electron chi connectivity index (χ1n) is 6.49. The molecule has 1 aromatic carbocycles. The minimum Gasteiger partial charge on any atom is -0.298 e. The van der Waals surface area contributed by atoms with Gasteiger partial charge in [0.05, 0.1) is 10.0 Å². The van der Waals surface area contributed by atoms with Crippen LogP contribution >= 0.6 is 15.9 Å². The van der Waals surface area contributed by atoms with Gasteiger partial charge in [0, 0.05) is 18.3 Å². The zero-order valence-electron chi connectivity index (χ0n) is 11.4. The molecule has 0 N–H and O–H groups in total. The van der Waals surface area contributed by atoms with E-state index in [1.165, 1.54) is 6.07 Å². The fourth-order valence-electron chi connectivity index (χ4n) is 1.90. The first kappa shape index (κ1) is 14.9. The van der Waals surface area contributed by atoms with Crippen LogP contribution in [0.3, 0.4) is 0 Å². The Kier molecular flexibility index (Phi) is 4.70. The van der Waals surface area contributed by atoms with Crippen LogP contribution in [-0.2, 0) is 6.54 Å². The molecule has 0 atom stereocenters. The molecule has 0 amide bonds. The third-order valence-electron chi connectivity index (χ3n) is 3.05. The van der Waals surface area contributed by atoms with Crippen molar-refractivity contribution in [3.05, 3.63) is 40.2 Å². The van der Waals surface area contributed by atoms with E-state index in [1.807, 2.05) is 0 Å². The summed E-state index contributed by atoms with van der Waals surface area (Å²) in [5.41, 5.74) is 1.61. The maximum Gasteiger partial charge on any atom is 0.153 e. The smallest absolute Gasteiger partial charge is 0.153 e. The molecular formula is C15H16BrFN2O. The number of hydrogen-bond acceptors (Lipinski definition) is 2. The van der Waals surface area contributed by atoms with Crippen LogP contribution in [-0.4, -0.2) is 16.1 Å². The highest BCUT2D eigenvalue weighted by Crippen LogP contribution is 2.25. The molecule has 0 saturated heterocycles. The standard InChI is InChI=1S/C15H16BrFN2O/c1-10(2)5-6-19-8-12(9-20)15(18-19)11-3-4-13(16)14(17)7-11/h3-4,7-10H,5-6H2,1-2H3. The lowest BCUT2D eigenvalue weighted by Gasteiger charge is -2.04. The molecule has 0 bridgehead atoms. The lowest BCUT2D eigenvalue weighted by molar-refractivity contribution is 0.112. The number of benzene rings is 1. The van der Waals surface area contributed by atoms with E-state index in [1.54, 1.807) is 23.0 Å². The summed E-state index contributed by atoms with van der Waals surface area (Å²) in [4.78, 5) is 11.1. The summed E-state index contributed by atoms with van der Waals surface area (Å²) in [6.07, 6.45) is 3.45. The van der Waals surface area contributed by atoms with Crippen molar-refractivity contribution in [3.63, 3.8) is 0 Å². The summed E-state index contributed by atoms with van der Waals surface area (Å²) in [5.74, 6) is 0.198. The summed E-state index contributed by atoms with van der Waals surface area (Å²) in [5, 5.41) is 4.40. The molecule has 106 valence electrons. The minimum absolute atomic E-state index is 0.365. The molecule has 1 aromatic heterocycles. The lowest BCUT2D eigenvalue weighted by atomic mass is 10.1. The monoisotopic (exact) mass is 338 g/mol. The minimum atomic E-state index is -0.365. The number of rotatable bonds is 5. The number of halogens is 2. The molecule has 1 heterocycles. The molecule has 0 aliphatic carbocycles. The second-order valence-corrected chi connectivity index (χ2v) is 5.98. The van der Waals surface area contributed by atoms with Gasteiger partial charge in [-0.25, -0.2) is 4.39 Å². The van der Waals surface area contributed by atoms with Crippen LogP contribution in [0.15, 0.2) is 28.9 Å². The Morgan fingerprint density at radius 2 is 2.20 bits per heavy atom. The van der Waals surface area contributed by atoms with E-state index in [9.17, 15) is 9.18 Å². The van der Waals surface area contributed by atoms with Crippen molar-refractivity contribution < 1.29 is 9.18 Å². The van der Waals surface area contributed by atoms with Gasteiger partial charge >= 0.3 is 0 Å². The fraction of sp³-hybridized carbons (Fsp3) is 0.333. The van der Waals surface area contributed by atoms with Crippen molar-refractivity contribution in [1.29, 1.82) is 0 Å². The van der Waals surface area contributed by atoms with Crippen LogP contribution in [0.4, 0.5) is 4.39 Å². The van der Waals surface area contributed by atoms with Gasteiger partial charge in [0.1, 0.15) is 11.5 Å². The van der Waals surface area contributed by atoms with E-state index in [4.69, 9.17) is 0 Å². The van der Waals surface area contributed by atoms with Crippen LogP contribution in [0.2, 0.25) is 0 Å². The first-order chi connectivity index (χ1) is 9.51. The molecular weight excluding hydrogens is 323 g/mol. The van der Waals surface area contributed by atoms with Gasteiger partial charge in [0.2, 0.25) is 0 Å². The Hall–Kier alpha value is -1.49. The number of nitrogens with zero attached hydrogens (tertiary/aromatic N) is 2. The average molecular weight is 339 g/mol. The predicted molar refractivity (Wildman–Crippen MR) is 80.2 cm³/mol. The Bertz CT molecular complexity index is 622. The summed E-state index contributed by atoms with van der Waals surface area (Å²) in [6, 6.07) is 4.74. The Morgan fingerprint density at radius 3 is 2.80 bits per heavy atom. The van der Waals surface area contributed by atoms with Gasteiger partial charge in [0.25, 0.3) is 0 Å². The summed E-state index contributed by atoms with van der Waals surface area (Å²) in [6.45, 7) is 5.02. The van der Waals surface area contributed by atoms with Gasteiger partial charge < -0.3 is 0 Å². The van der Waals surface area contributed by atoms with Gasteiger partial charge in [0.15, 0.2) is 6.29 Å². The van der Waals surface area contributed by atoms with E-state index in [0.717, 1.165) is 19.3 Å². The van der Waals surface area contributed by atoms with Gasteiger partial charge in [-0.1, -0.05) is 19.9 Å². The van der Waals surface area contributed by atoms with Crippen LogP contribution in [0, 0.1) is 11.7 Å². The number of hydrogen-bond donors (Lipinski definition) is 0. The van der Waals surface area contributed by atoms with Crippen molar-refractivity contribution in [2.75, 3.05) is 0 Å². The lowest BCUT2D eigenvalue weighted by Crippen LogP contribution is -2.02. The second kappa shape index (κ2) is 6.31. The molecule has 0 unspecified atom stereocenters. The van der Waals surface area contributed by atoms with Crippen molar-refractivity contribution in [3.8, 4) is 11.3 Å². The van der Waals surface area contributed by atoms with Crippen molar-refractivity contribution in [1.82, 2.24) is 9.78 Å². The maximum atomic E-state index is 13.6. The van der Waals surface area contributed by atoms with Gasteiger partial charge in [-0.15, -0.1) is 0 Å².